The SMILES string of the molecule is CCOCCNC(=O)C(C)=C(C)C(=O)O. The summed E-state index contributed by atoms with van der Waals surface area (Å²) in [5.74, 6) is -1.44. The molecule has 0 fully saturated rings. The number of rotatable bonds is 6. The minimum Gasteiger partial charge on any atom is -0.478 e. The maximum Gasteiger partial charge on any atom is 0.331 e. The van der Waals surface area contributed by atoms with Crippen molar-refractivity contribution in [1.29, 1.82) is 0 Å². The van der Waals surface area contributed by atoms with Gasteiger partial charge in [-0.05, 0) is 20.8 Å². The molecule has 0 heterocycles. The Labute approximate surface area is 89.1 Å². The van der Waals surface area contributed by atoms with Crippen molar-refractivity contribution in [2.45, 2.75) is 20.8 Å². The maximum absolute atomic E-state index is 11.4. The normalized spacial score (nSPS) is 11.9. The molecule has 1 amide bonds. The van der Waals surface area contributed by atoms with E-state index in [-0.39, 0.29) is 17.1 Å². The second-order valence-electron chi connectivity index (χ2n) is 3.01. The van der Waals surface area contributed by atoms with E-state index >= 15 is 0 Å². The monoisotopic (exact) mass is 215 g/mol. The highest BCUT2D eigenvalue weighted by Crippen LogP contribution is 2.02. The van der Waals surface area contributed by atoms with Gasteiger partial charge < -0.3 is 15.2 Å². The molecular formula is C10H17NO4. The minimum absolute atomic E-state index is 0.0592. The fourth-order valence-electron chi connectivity index (χ4n) is 0.844. The fourth-order valence-corrected chi connectivity index (χ4v) is 0.844. The van der Waals surface area contributed by atoms with Gasteiger partial charge in [-0.1, -0.05) is 0 Å². The second-order valence-corrected chi connectivity index (χ2v) is 3.01. The molecule has 0 aliphatic carbocycles. The first kappa shape index (κ1) is 13.6. The molecule has 5 heteroatoms. The Balaban J connectivity index is 4.11. The van der Waals surface area contributed by atoms with Crippen molar-refractivity contribution in [3.05, 3.63) is 11.1 Å². The molecule has 0 bridgehead atoms. The van der Waals surface area contributed by atoms with E-state index in [2.05, 4.69) is 5.32 Å². The number of carbonyl (C=O) groups is 2. The average molecular weight is 215 g/mol. The lowest BCUT2D eigenvalue weighted by Crippen LogP contribution is -2.29. The Morgan fingerprint density at radius 3 is 2.33 bits per heavy atom. The summed E-state index contributed by atoms with van der Waals surface area (Å²) in [6.07, 6.45) is 0. The number of ether oxygens (including phenoxy) is 1. The van der Waals surface area contributed by atoms with Crippen LogP contribution in [0.4, 0.5) is 0 Å². The summed E-state index contributed by atoms with van der Waals surface area (Å²) in [7, 11) is 0. The number of carboxylic acids is 1. The van der Waals surface area contributed by atoms with Gasteiger partial charge in [-0.15, -0.1) is 0 Å². The van der Waals surface area contributed by atoms with Gasteiger partial charge in [0, 0.05) is 24.3 Å². The summed E-state index contributed by atoms with van der Waals surface area (Å²) >= 11 is 0. The summed E-state index contributed by atoms with van der Waals surface area (Å²) in [5, 5.41) is 11.2. The molecule has 0 rings (SSSR count). The lowest BCUT2D eigenvalue weighted by atomic mass is 10.1. The summed E-state index contributed by atoms with van der Waals surface area (Å²) in [5.41, 5.74) is 0.280. The first-order valence-corrected chi connectivity index (χ1v) is 4.77. The van der Waals surface area contributed by atoms with Crippen LogP contribution in [0.2, 0.25) is 0 Å². The van der Waals surface area contributed by atoms with Crippen LogP contribution in [-0.4, -0.2) is 36.7 Å². The van der Waals surface area contributed by atoms with E-state index in [4.69, 9.17) is 9.84 Å². The van der Waals surface area contributed by atoms with Crippen LogP contribution >= 0.6 is 0 Å². The molecule has 5 nitrogen and oxygen atoms in total. The van der Waals surface area contributed by atoms with Crippen LogP contribution in [0, 0.1) is 0 Å². The number of nitrogens with one attached hydrogen (secondary N) is 1. The predicted octanol–water partition coefficient (Wildman–Crippen LogP) is 0.560. The van der Waals surface area contributed by atoms with Crippen molar-refractivity contribution in [3.63, 3.8) is 0 Å². The number of carboxylic acid groups (broad SMARTS) is 1. The molecule has 0 aromatic rings. The van der Waals surface area contributed by atoms with Crippen molar-refractivity contribution in [3.8, 4) is 0 Å². The molecule has 0 saturated heterocycles. The van der Waals surface area contributed by atoms with E-state index < -0.39 is 5.97 Å². The molecule has 86 valence electrons. The van der Waals surface area contributed by atoms with Gasteiger partial charge in [0.2, 0.25) is 5.91 Å². The molecule has 0 saturated carbocycles. The van der Waals surface area contributed by atoms with E-state index in [1.165, 1.54) is 13.8 Å². The van der Waals surface area contributed by atoms with Crippen LogP contribution in [0.5, 0.6) is 0 Å². The van der Waals surface area contributed by atoms with Crippen molar-refractivity contribution in [2.24, 2.45) is 0 Å². The average Bonchev–Trinajstić information content (AvgIpc) is 2.21. The molecule has 0 aromatic carbocycles. The highest BCUT2D eigenvalue weighted by Gasteiger charge is 2.11. The van der Waals surface area contributed by atoms with Gasteiger partial charge in [-0.2, -0.15) is 0 Å². The maximum atomic E-state index is 11.4. The van der Waals surface area contributed by atoms with Crippen LogP contribution in [0.1, 0.15) is 20.8 Å². The van der Waals surface area contributed by atoms with Gasteiger partial charge in [0.25, 0.3) is 0 Å². The third-order valence-corrected chi connectivity index (χ3v) is 1.96. The summed E-state index contributed by atoms with van der Waals surface area (Å²) in [6, 6.07) is 0. The summed E-state index contributed by atoms with van der Waals surface area (Å²) < 4.78 is 5.02. The molecule has 0 aromatic heterocycles. The minimum atomic E-state index is -1.08. The third kappa shape index (κ3) is 5.17. The van der Waals surface area contributed by atoms with Gasteiger partial charge in [0.05, 0.1) is 6.61 Å². The zero-order valence-electron chi connectivity index (χ0n) is 9.29. The van der Waals surface area contributed by atoms with E-state index in [1.807, 2.05) is 6.92 Å². The van der Waals surface area contributed by atoms with Crippen molar-refractivity contribution in [2.75, 3.05) is 19.8 Å². The van der Waals surface area contributed by atoms with Gasteiger partial charge in [-0.3, -0.25) is 4.79 Å². The number of aliphatic carboxylic acids is 1. The molecular weight excluding hydrogens is 198 g/mol. The first-order valence-electron chi connectivity index (χ1n) is 4.77. The van der Waals surface area contributed by atoms with Crippen LogP contribution in [-0.2, 0) is 14.3 Å². The van der Waals surface area contributed by atoms with Gasteiger partial charge in [0.15, 0.2) is 0 Å². The van der Waals surface area contributed by atoms with Crippen LogP contribution in [0.3, 0.4) is 0 Å². The number of hydrogen-bond acceptors (Lipinski definition) is 3. The standard InChI is InChI=1S/C10H17NO4/c1-4-15-6-5-11-9(12)7(2)8(3)10(13)14/h4-6H2,1-3H3,(H,11,12)(H,13,14). The van der Waals surface area contributed by atoms with Crippen LogP contribution < -0.4 is 5.32 Å². The Morgan fingerprint density at radius 2 is 1.87 bits per heavy atom. The third-order valence-electron chi connectivity index (χ3n) is 1.96. The lowest BCUT2D eigenvalue weighted by Gasteiger charge is -2.06. The number of carbonyl (C=O) groups excluding carboxylic acids is 1. The van der Waals surface area contributed by atoms with Crippen LogP contribution in [0.25, 0.3) is 0 Å². The second kappa shape index (κ2) is 7.00. The fraction of sp³-hybridized carbons (Fsp3) is 0.600. The Kier molecular flexibility index (Phi) is 6.37. The molecule has 0 aliphatic heterocycles. The lowest BCUT2D eigenvalue weighted by molar-refractivity contribution is -0.133. The van der Waals surface area contributed by atoms with Crippen molar-refractivity contribution in [1.82, 2.24) is 5.32 Å². The van der Waals surface area contributed by atoms with Gasteiger partial charge >= 0.3 is 5.97 Å². The zero-order chi connectivity index (χ0) is 11.8. The Hall–Kier alpha value is -1.36. The molecule has 2 N–H and O–H groups in total. The summed E-state index contributed by atoms with van der Waals surface area (Å²) in [6.45, 7) is 6.16. The molecule has 0 spiro atoms. The van der Waals surface area contributed by atoms with Crippen molar-refractivity contribution < 1.29 is 19.4 Å². The van der Waals surface area contributed by atoms with E-state index in [1.54, 1.807) is 0 Å². The van der Waals surface area contributed by atoms with Gasteiger partial charge in [-0.25, -0.2) is 4.79 Å². The molecule has 15 heavy (non-hydrogen) atoms. The van der Waals surface area contributed by atoms with Crippen LogP contribution in [0.15, 0.2) is 11.1 Å². The van der Waals surface area contributed by atoms with E-state index in [0.717, 1.165) is 0 Å². The van der Waals surface area contributed by atoms with E-state index in [0.29, 0.717) is 19.8 Å². The largest absolute Gasteiger partial charge is 0.478 e. The molecule has 0 aliphatic rings. The van der Waals surface area contributed by atoms with Gasteiger partial charge in [0.1, 0.15) is 0 Å². The van der Waals surface area contributed by atoms with Crippen molar-refractivity contribution >= 4 is 11.9 Å². The smallest absolute Gasteiger partial charge is 0.331 e. The zero-order valence-corrected chi connectivity index (χ0v) is 9.29. The Bertz CT molecular complexity index is 271. The molecule has 0 unspecified atom stereocenters. The first-order chi connectivity index (χ1) is 7.00. The quantitative estimate of drug-likeness (QED) is 0.501. The van der Waals surface area contributed by atoms with E-state index in [9.17, 15) is 9.59 Å². The summed E-state index contributed by atoms with van der Waals surface area (Å²) in [4.78, 5) is 21.9. The highest BCUT2D eigenvalue weighted by atomic mass is 16.5. The number of hydrogen-bond donors (Lipinski definition) is 2. The highest BCUT2D eigenvalue weighted by molar-refractivity contribution is 6.01. The topological polar surface area (TPSA) is 75.6 Å². The number of amides is 1. The molecule has 0 radical (unpaired) electrons. The molecule has 0 atom stereocenters. The Morgan fingerprint density at radius 1 is 1.27 bits per heavy atom. The predicted molar refractivity (Wildman–Crippen MR) is 55.5 cm³/mol.